The van der Waals surface area contributed by atoms with Gasteiger partial charge in [0.2, 0.25) is 0 Å². The molecule has 1 aliphatic rings. The SMILES string of the molecule is CN1CCS/C1=N\C(=O)Nc1ccccc1. The third-order valence-corrected chi connectivity index (χ3v) is 3.25. The summed E-state index contributed by atoms with van der Waals surface area (Å²) >= 11 is 1.60. The molecule has 1 aromatic carbocycles. The van der Waals surface area contributed by atoms with E-state index in [-0.39, 0.29) is 6.03 Å². The quantitative estimate of drug-likeness (QED) is 0.812. The first-order chi connectivity index (χ1) is 7.75. The number of nitrogens with one attached hydrogen (secondary N) is 1. The molecule has 0 aromatic heterocycles. The third kappa shape index (κ3) is 2.76. The van der Waals surface area contributed by atoms with E-state index in [1.54, 1.807) is 11.8 Å². The molecule has 0 atom stereocenters. The molecule has 84 valence electrons. The summed E-state index contributed by atoms with van der Waals surface area (Å²) in [6.07, 6.45) is 0. The highest BCUT2D eigenvalue weighted by atomic mass is 32.2. The van der Waals surface area contributed by atoms with Gasteiger partial charge in [-0.25, -0.2) is 4.79 Å². The minimum atomic E-state index is -0.317. The third-order valence-electron chi connectivity index (χ3n) is 2.21. The molecule has 0 saturated carbocycles. The van der Waals surface area contributed by atoms with Crippen LogP contribution in [-0.2, 0) is 0 Å². The van der Waals surface area contributed by atoms with Gasteiger partial charge in [-0.3, -0.25) is 0 Å². The number of amidine groups is 1. The Balaban J connectivity index is 1.99. The van der Waals surface area contributed by atoms with Crippen LogP contribution in [0.5, 0.6) is 0 Å². The predicted molar refractivity (Wildman–Crippen MR) is 68.0 cm³/mol. The molecule has 1 N–H and O–H groups in total. The Labute approximate surface area is 98.7 Å². The van der Waals surface area contributed by atoms with Crippen LogP contribution in [0.1, 0.15) is 0 Å². The van der Waals surface area contributed by atoms with Crippen LogP contribution in [0.15, 0.2) is 35.3 Å². The highest BCUT2D eigenvalue weighted by molar-refractivity contribution is 8.14. The van der Waals surface area contributed by atoms with Gasteiger partial charge in [0.05, 0.1) is 0 Å². The number of thioether (sulfide) groups is 1. The number of carbonyl (C=O) groups excluding carboxylic acids is 1. The molecular formula is C11H13N3OS. The van der Waals surface area contributed by atoms with Crippen LogP contribution in [-0.4, -0.2) is 35.4 Å². The van der Waals surface area contributed by atoms with Crippen molar-refractivity contribution in [2.45, 2.75) is 0 Å². The van der Waals surface area contributed by atoms with Gasteiger partial charge < -0.3 is 10.2 Å². The number of hydrogen-bond donors (Lipinski definition) is 1. The number of para-hydroxylation sites is 1. The second-order valence-corrected chi connectivity index (χ2v) is 4.52. The lowest BCUT2D eigenvalue weighted by atomic mass is 10.3. The lowest BCUT2D eigenvalue weighted by Crippen LogP contribution is -2.20. The van der Waals surface area contributed by atoms with E-state index in [4.69, 9.17) is 0 Å². The van der Waals surface area contributed by atoms with E-state index in [0.717, 1.165) is 23.2 Å². The lowest BCUT2D eigenvalue weighted by molar-refractivity contribution is 0.259. The minimum absolute atomic E-state index is 0.317. The second-order valence-electron chi connectivity index (χ2n) is 3.46. The zero-order valence-electron chi connectivity index (χ0n) is 9.01. The maximum absolute atomic E-state index is 11.6. The number of anilines is 1. The number of benzene rings is 1. The normalized spacial score (nSPS) is 17.8. The van der Waals surface area contributed by atoms with Crippen LogP contribution in [0.2, 0.25) is 0 Å². The van der Waals surface area contributed by atoms with Gasteiger partial charge in [-0.15, -0.1) is 0 Å². The maximum Gasteiger partial charge on any atom is 0.347 e. The van der Waals surface area contributed by atoms with E-state index in [1.165, 1.54) is 0 Å². The first-order valence-corrected chi connectivity index (χ1v) is 6.03. The molecule has 4 nitrogen and oxygen atoms in total. The lowest BCUT2D eigenvalue weighted by Gasteiger charge is -2.09. The zero-order chi connectivity index (χ0) is 11.4. The summed E-state index contributed by atoms with van der Waals surface area (Å²) in [5.41, 5.74) is 0.766. The number of hydrogen-bond acceptors (Lipinski definition) is 2. The summed E-state index contributed by atoms with van der Waals surface area (Å²) < 4.78 is 0. The summed E-state index contributed by atoms with van der Waals surface area (Å²) in [4.78, 5) is 17.6. The highest BCUT2D eigenvalue weighted by Gasteiger charge is 2.16. The Bertz CT molecular complexity index is 405. The Morgan fingerprint density at radius 2 is 2.19 bits per heavy atom. The molecule has 0 spiro atoms. The van der Waals surface area contributed by atoms with Gasteiger partial charge in [-0.2, -0.15) is 4.99 Å². The smallest absolute Gasteiger partial charge is 0.347 e. The fourth-order valence-electron chi connectivity index (χ4n) is 1.36. The molecule has 16 heavy (non-hydrogen) atoms. The summed E-state index contributed by atoms with van der Waals surface area (Å²) in [5, 5.41) is 3.51. The molecule has 0 unspecified atom stereocenters. The summed E-state index contributed by atoms with van der Waals surface area (Å²) in [7, 11) is 1.94. The van der Waals surface area contributed by atoms with E-state index in [2.05, 4.69) is 10.3 Å². The second kappa shape index (κ2) is 5.03. The van der Waals surface area contributed by atoms with Gasteiger partial charge in [0.15, 0.2) is 5.17 Å². The Morgan fingerprint density at radius 1 is 1.44 bits per heavy atom. The van der Waals surface area contributed by atoms with E-state index >= 15 is 0 Å². The monoisotopic (exact) mass is 235 g/mol. The molecule has 1 aromatic rings. The molecule has 0 bridgehead atoms. The van der Waals surface area contributed by atoms with Crippen molar-refractivity contribution in [1.29, 1.82) is 0 Å². The number of amides is 2. The van der Waals surface area contributed by atoms with Gasteiger partial charge in [0.25, 0.3) is 0 Å². The van der Waals surface area contributed by atoms with Crippen LogP contribution in [0.25, 0.3) is 0 Å². The van der Waals surface area contributed by atoms with Gasteiger partial charge in [0.1, 0.15) is 0 Å². The van der Waals surface area contributed by atoms with Crippen LogP contribution >= 0.6 is 11.8 Å². The number of nitrogens with zero attached hydrogens (tertiary/aromatic N) is 2. The molecule has 2 rings (SSSR count). The van der Waals surface area contributed by atoms with Crippen LogP contribution in [0, 0.1) is 0 Å². The van der Waals surface area contributed by atoms with Crippen LogP contribution < -0.4 is 5.32 Å². The minimum Gasteiger partial charge on any atom is -0.353 e. The standard InChI is InChI=1S/C11H13N3OS/c1-14-7-8-16-11(14)13-10(15)12-9-5-3-2-4-6-9/h2-6H,7-8H2,1H3,(H,12,15)/b13-11-. The summed E-state index contributed by atoms with van der Waals surface area (Å²) in [6, 6.07) is 9.01. The van der Waals surface area contributed by atoms with Crippen molar-refractivity contribution in [3.05, 3.63) is 30.3 Å². The molecule has 0 aliphatic carbocycles. The number of rotatable bonds is 1. The van der Waals surface area contributed by atoms with Crippen molar-refractivity contribution in [3.63, 3.8) is 0 Å². The van der Waals surface area contributed by atoms with Crippen molar-refractivity contribution in [2.24, 2.45) is 4.99 Å². The fourth-order valence-corrected chi connectivity index (χ4v) is 2.36. The predicted octanol–water partition coefficient (Wildman–Crippen LogP) is 2.25. The van der Waals surface area contributed by atoms with E-state index in [0.29, 0.717) is 0 Å². The van der Waals surface area contributed by atoms with Crippen molar-refractivity contribution in [2.75, 3.05) is 24.7 Å². The zero-order valence-corrected chi connectivity index (χ0v) is 9.83. The number of urea groups is 1. The molecular weight excluding hydrogens is 222 g/mol. The van der Waals surface area contributed by atoms with E-state index in [1.807, 2.05) is 42.3 Å². The highest BCUT2D eigenvalue weighted by Crippen LogP contribution is 2.16. The van der Waals surface area contributed by atoms with Gasteiger partial charge in [-0.05, 0) is 12.1 Å². The van der Waals surface area contributed by atoms with Crippen LogP contribution in [0.4, 0.5) is 10.5 Å². The van der Waals surface area contributed by atoms with Crippen molar-refractivity contribution >= 4 is 28.6 Å². The van der Waals surface area contributed by atoms with Crippen molar-refractivity contribution in [1.82, 2.24) is 4.90 Å². The molecule has 1 fully saturated rings. The van der Waals surface area contributed by atoms with Crippen molar-refractivity contribution < 1.29 is 4.79 Å². The summed E-state index contributed by atoms with van der Waals surface area (Å²) in [5.74, 6) is 0.994. The molecule has 1 heterocycles. The largest absolute Gasteiger partial charge is 0.353 e. The molecule has 5 heteroatoms. The van der Waals surface area contributed by atoms with Gasteiger partial charge in [-0.1, -0.05) is 30.0 Å². The summed E-state index contributed by atoms with van der Waals surface area (Å²) in [6.45, 7) is 0.947. The average Bonchev–Trinajstić information content (AvgIpc) is 2.66. The fraction of sp³-hybridized carbons (Fsp3) is 0.273. The van der Waals surface area contributed by atoms with Gasteiger partial charge in [0, 0.05) is 25.0 Å². The molecule has 1 saturated heterocycles. The van der Waals surface area contributed by atoms with Crippen LogP contribution in [0.3, 0.4) is 0 Å². The average molecular weight is 235 g/mol. The first-order valence-electron chi connectivity index (χ1n) is 5.04. The molecule has 0 radical (unpaired) electrons. The molecule has 2 amide bonds. The van der Waals surface area contributed by atoms with E-state index in [9.17, 15) is 4.79 Å². The number of aliphatic imine (C=N–C) groups is 1. The topological polar surface area (TPSA) is 44.7 Å². The maximum atomic E-state index is 11.6. The van der Waals surface area contributed by atoms with Gasteiger partial charge >= 0.3 is 6.03 Å². The Hall–Kier alpha value is -1.49. The Morgan fingerprint density at radius 3 is 2.81 bits per heavy atom. The van der Waals surface area contributed by atoms with E-state index < -0.39 is 0 Å². The Kier molecular flexibility index (Phi) is 3.46. The first kappa shape index (κ1) is 11.0. The molecule has 1 aliphatic heterocycles. The van der Waals surface area contributed by atoms with Crippen molar-refractivity contribution in [3.8, 4) is 0 Å². The number of carbonyl (C=O) groups is 1.